The van der Waals surface area contributed by atoms with Gasteiger partial charge in [0.15, 0.2) is 0 Å². The predicted octanol–water partition coefficient (Wildman–Crippen LogP) is 7.13. The maximum absolute atomic E-state index is 6.20. The van der Waals surface area contributed by atoms with E-state index in [1.165, 1.54) is 34.6 Å². The number of rotatable bonds is 5. The molecule has 1 heteroatoms. The van der Waals surface area contributed by atoms with Crippen molar-refractivity contribution in [1.29, 1.82) is 0 Å². The molecule has 4 rings (SSSR count). The highest BCUT2D eigenvalue weighted by atomic mass is 16.5. The Bertz CT molecular complexity index is 999. The minimum Gasteiger partial charge on any atom is -0.457 e. The molecule has 4 aromatic carbocycles. The summed E-state index contributed by atoms with van der Waals surface area (Å²) in [6.07, 6.45) is 3.59. The van der Waals surface area contributed by atoms with E-state index in [1.54, 1.807) is 0 Å². The fourth-order valence-corrected chi connectivity index (χ4v) is 3.26. The van der Waals surface area contributed by atoms with Crippen LogP contribution in [0.15, 0.2) is 78.9 Å². The Morgan fingerprint density at radius 3 is 2.20 bits per heavy atom. The summed E-state index contributed by atoms with van der Waals surface area (Å²) in [6, 6.07) is 27.6. The monoisotopic (exact) mass is 326 g/mol. The molecular formula is C24H22O. The lowest BCUT2D eigenvalue weighted by Gasteiger charge is -2.11. The Kier molecular flexibility index (Phi) is 4.39. The minimum absolute atomic E-state index is 0.890. The zero-order valence-corrected chi connectivity index (χ0v) is 14.5. The van der Waals surface area contributed by atoms with Crippen molar-refractivity contribution in [2.24, 2.45) is 0 Å². The molecule has 0 aliphatic rings. The zero-order valence-electron chi connectivity index (χ0n) is 14.5. The van der Waals surface area contributed by atoms with E-state index in [9.17, 15) is 0 Å². The van der Waals surface area contributed by atoms with Crippen molar-refractivity contribution in [3.63, 3.8) is 0 Å². The van der Waals surface area contributed by atoms with Gasteiger partial charge in [-0.1, -0.05) is 61.9 Å². The van der Waals surface area contributed by atoms with Crippen LogP contribution in [-0.2, 0) is 6.42 Å². The third-order valence-corrected chi connectivity index (χ3v) is 4.68. The molecule has 0 atom stereocenters. The van der Waals surface area contributed by atoms with Crippen molar-refractivity contribution in [2.75, 3.05) is 0 Å². The van der Waals surface area contributed by atoms with Crippen molar-refractivity contribution in [3.8, 4) is 11.5 Å². The first-order valence-corrected chi connectivity index (χ1v) is 9.02. The maximum Gasteiger partial charge on any atom is 0.135 e. The van der Waals surface area contributed by atoms with Gasteiger partial charge in [-0.15, -0.1) is 0 Å². The van der Waals surface area contributed by atoms with E-state index in [0.29, 0.717) is 0 Å². The first-order valence-electron chi connectivity index (χ1n) is 9.02. The van der Waals surface area contributed by atoms with Crippen LogP contribution in [0.3, 0.4) is 0 Å². The lowest BCUT2D eigenvalue weighted by Crippen LogP contribution is -1.88. The highest BCUT2D eigenvalue weighted by Gasteiger charge is 2.05. The summed E-state index contributed by atoms with van der Waals surface area (Å²) in [4.78, 5) is 0. The van der Waals surface area contributed by atoms with Gasteiger partial charge in [0.2, 0.25) is 0 Å². The molecule has 0 aliphatic carbocycles. The molecular weight excluding hydrogens is 304 g/mol. The number of aryl methyl sites for hydroxylation is 1. The van der Waals surface area contributed by atoms with Gasteiger partial charge < -0.3 is 4.74 Å². The summed E-state index contributed by atoms with van der Waals surface area (Å²) >= 11 is 0. The number of hydrogen-bond acceptors (Lipinski definition) is 1. The van der Waals surface area contributed by atoms with Gasteiger partial charge in [0, 0.05) is 5.39 Å². The van der Waals surface area contributed by atoms with Crippen LogP contribution in [0.2, 0.25) is 0 Å². The summed E-state index contributed by atoms with van der Waals surface area (Å²) in [5.41, 5.74) is 1.37. The second-order valence-electron chi connectivity index (χ2n) is 6.53. The number of benzene rings is 4. The van der Waals surface area contributed by atoms with Crippen molar-refractivity contribution in [2.45, 2.75) is 26.2 Å². The van der Waals surface area contributed by atoms with E-state index in [2.05, 4.69) is 79.7 Å². The molecule has 0 fully saturated rings. The van der Waals surface area contributed by atoms with E-state index >= 15 is 0 Å². The van der Waals surface area contributed by atoms with E-state index in [0.717, 1.165) is 23.3 Å². The van der Waals surface area contributed by atoms with Crippen LogP contribution < -0.4 is 4.74 Å². The second kappa shape index (κ2) is 6.98. The van der Waals surface area contributed by atoms with Crippen LogP contribution in [0, 0.1) is 0 Å². The largest absolute Gasteiger partial charge is 0.457 e. The van der Waals surface area contributed by atoms with E-state index < -0.39 is 0 Å². The third-order valence-electron chi connectivity index (χ3n) is 4.68. The normalized spacial score (nSPS) is 11.1. The molecule has 0 N–H and O–H groups in total. The van der Waals surface area contributed by atoms with Gasteiger partial charge in [0.25, 0.3) is 0 Å². The summed E-state index contributed by atoms with van der Waals surface area (Å²) in [5, 5.41) is 4.85. The quantitative estimate of drug-likeness (QED) is 0.354. The average Bonchev–Trinajstić information content (AvgIpc) is 2.66. The third kappa shape index (κ3) is 3.36. The van der Waals surface area contributed by atoms with Gasteiger partial charge in [-0.2, -0.15) is 0 Å². The minimum atomic E-state index is 0.890. The fourth-order valence-electron chi connectivity index (χ4n) is 3.26. The molecule has 0 unspecified atom stereocenters. The number of ether oxygens (including phenoxy) is 1. The first-order chi connectivity index (χ1) is 12.3. The van der Waals surface area contributed by atoms with Crippen molar-refractivity contribution >= 4 is 21.5 Å². The van der Waals surface area contributed by atoms with Crippen LogP contribution >= 0.6 is 0 Å². The van der Waals surface area contributed by atoms with Gasteiger partial charge in [-0.25, -0.2) is 0 Å². The Hall–Kier alpha value is -2.80. The standard InChI is InChI=1S/C24H22O/c1-2-3-7-18-12-14-22(15-13-18)25-24-11-6-10-21-16-19-8-4-5-9-20(19)17-23(21)24/h4-6,8-17H,2-3,7H2,1H3. The summed E-state index contributed by atoms with van der Waals surface area (Å²) in [7, 11) is 0. The molecule has 0 aromatic heterocycles. The SMILES string of the molecule is CCCCc1ccc(Oc2cccc3cc4ccccc4cc23)cc1. The molecule has 4 aromatic rings. The van der Waals surface area contributed by atoms with Crippen LogP contribution in [0.4, 0.5) is 0 Å². The van der Waals surface area contributed by atoms with Crippen molar-refractivity contribution in [1.82, 2.24) is 0 Å². The lowest BCUT2D eigenvalue weighted by atomic mass is 10.0. The van der Waals surface area contributed by atoms with Crippen LogP contribution in [-0.4, -0.2) is 0 Å². The molecule has 0 aliphatic heterocycles. The highest BCUT2D eigenvalue weighted by Crippen LogP contribution is 2.33. The van der Waals surface area contributed by atoms with Crippen LogP contribution in [0.25, 0.3) is 21.5 Å². The molecule has 124 valence electrons. The number of fused-ring (bicyclic) bond motifs is 2. The summed E-state index contributed by atoms with van der Waals surface area (Å²) < 4.78 is 6.20. The second-order valence-corrected chi connectivity index (χ2v) is 6.53. The van der Waals surface area contributed by atoms with E-state index in [-0.39, 0.29) is 0 Å². The number of hydrogen-bond donors (Lipinski definition) is 0. The van der Waals surface area contributed by atoms with Gasteiger partial charge in [0.05, 0.1) is 0 Å². The van der Waals surface area contributed by atoms with Gasteiger partial charge in [-0.05, 0) is 64.9 Å². The molecule has 0 spiro atoms. The van der Waals surface area contributed by atoms with Gasteiger partial charge >= 0.3 is 0 Å². The highest BCUT2D eigenvalue weighted by molar-refractivity contribution is 6.00. The summed E-state index contributed by atoms with van der Waals surface area (Å²) in [5.74, 6) is 1.80. The van der Waals surface area contributed by atoms with E-state index in [1.807, 2.05) is 6.07 Å². The molecule has 1 nitrogen and oxygen atoms in total. The Balaban J connectivity index is 1.67. The smallest absolute Gasteiger partial charge is 0.135 e. The van der Waals surface area contributed by atoms with Gasteiger partial charge in [0.1, 0.15) is 11.5 Å². The average molecular weight is 326 g/mol. The van der Waals surface area contributed by atoms with Crippen LogP contribution in [0.1, 0.15) is 25.3 Å². The molecule has 0 radical (unpaired) electrons. The first kappa shape index (κ1) is 15.7. The van der Waals surface area contributed by atoms with Crippen molar-refractivity contribution in [3.05, 3.63) is 84.4 Å². The fraction of sp³-hybridized carbons (Fsp3) is 0.167. The lowest BCUT2D eigenvalue weighted by molar-refractivity contribution is 0.488. The molecule has 0 bridgehead atoms. The zero-order chi connectivity index (χ0) is 17.1. The maximum atomic E-state index is 6.20. The van der Waals surface area contributed by atoms with E-state index in [4.69, 9.17) is 4.74 Å². The summed E-state index contributed by atoms with van der Waals surface area (Å²) in [6.45, 7) is 2.22. The van der Waals surface area contributed by atoms with Crippen molar-refractivity contribution < 1.29 is 4.74 Å². The Morgan fingerprint density at radius 1 is 0.720 bits per heavy atom. The predicted molar refractivity (Wildman–Crippen MR) is 107 cm³/mol. The molecule has 0 saturated heterocycles. The molecule has 0 amide bonds. The van der Waals surface area contributed by atoms with Crippen LogP contribution in [0.5, 0.6) is 11.5 Å². The molecule has 25 heavy (non-hydrogen) atoms. The Morgan fingerprint density at radius 2 is 1.44 bits per heavy atom. The number of unbranched alkanes of at least 4 members (excludes halogenated alkanes) is 1. The Labute approximate surface area is 148 Å². The van der Waals surface area contributed by atoms with Gasteiger partial charge in [-0.3, -0.25) is 0 Å². The molecule has 0 heterocycles. The topological polar surface area (TPSA) is 9.23 Å². The molecule has 0 saturated carbocycles.